The summed E-state index contributed by atoms with van der Waals surface area (Å²) in [4.78, 5) is 31.3. The first-order valence-electron chi connectivity index (χ1n) is 8.57. The van der Waals surface area contributed by atoms with Gasteiger partial charge in [-0.05, 0) is 38.3 Å². The Bertz CT molecular complexity index is 784. The zero-order valence-electron chi connectivity index (χ0n) is 14.0. The fraction of sp³-hybridized carbons (Fsp3) is 0.500. The van der Waals surface area contributed by atoms with Crippen LogP contribution in [-0.4, -0.2) is 39.0 Å². The van der Waals surface area contributed by atoms with E-state index in [9.17, 15) is 9.59 Å². The number of nitrogens with zero attached hydrogens (tertiary/aromatic N) is 3. The Hall–Kier alpha value is -2.21. The normalized spacial score (nSPS) is 19.4. The highest BCUT2D eigenvalue weighted by Gasteiger charge is 2.28. The average molecular weight is 328 g/mol. The first-order valence-corrected chi connectivity index (χ1v) is 8.57. The first-order chi connectivity index (χ1) is 11.6. The summed E-state index contributed by atoms with van der Waals surface area (Å²) in [6.45, 7) is 3.06. The maximum absolute atomic E-state index is 12.6. The van der Waals surface area contributed by atoms with Crippen molar-refractivity contribution in [2.45, 2.75) is 51.2 Å². The third-order valence-electron chi connectivity index (χ3n) is 4.77. The minimum Gasteiger partial charge on any atom is -0.338 e. The van der Waals surface area contributed by atoms with Gasteiger partial charge in [0.1, 0.15) is 0 Å². The number of benzene rings is 1. The van der Waals surface area contributed by atoms with Gasteiger partial charge in [0.2, 0.25) is 5.91 Å². The molecular formula is C18H24N4O2. The Balaban J connectivity index is 1.72. The molecule has 0 radical (unpaired) electrons. The van der Waals surface area contributed by atoms with Crippen LogP contribution >= 0.6 is 0 Å². The highest BCUT2D eigenvalue weighted by atomic mass is 16.2. The summed E-state index contributed by atoms with van der Waals surface area (Å²) < 4.78 is 1.52. The van der Waals surface area contributed by atoms with Crippen LogP contribution in [0.5, 0.6) is 0 Å². The van der Waals surface area contributed by atoms with Crippen LogP contribution in [0.25, 0.3) is 10.9 Å². The van der Waals surface area contributed by atoms with Gasteiger partial charge in [-0.3, -0.25) is 14.2 Å². The van der Waals surface area contributed by atoms with Gasteiger partial charge in [0.25, 0.3) is 5.56 Å². The first kappa shape index (κ1) is 16.6. The SMILES string of the molecule is C[C@@H](N)[C@@H]1CCCCN1C(=O)CCn1cnc2ccccc2c1=O. The van der Waals surface area contributed by atoms with E-state index in [0.717, 1.165) is 25.8 Å². The lowest BCUT2D eigenvalue weighted by Crippen LogP contribution is -2.51. The van der Waals surface area contributed by atoms with Gasteiger partial charge in [0, 0.05) is 31.6 Å². The van der Waals surface area contributed by atoms with Crippen LogP contribution in [0.2, 0.25) is 0 Å². The van der Waals surface area contributed by atoms with Crippen LogP contribution in [0.3, 0.4) is 0 Å². The molecule has 1 fully saturated rings. The molecule has 1 aromatic carbocycles. The number of para-hydroxylation sites is 1. The predicted molar refractivity (Wildman–Crippen MR) is 93.6 cm³/mol. The third-order valence-corrected chi connectivity index (χ3v) is 4.77. The Morgan fingerprint density at radius 2 is 2.17 bits per heavy atom. The second kappa shape index (κ2) is 7.13. The smallest absolute Gasteiger partial charge is 0.261 e. The highest BCUT2D eigenvalue weighted by molar-refractivity contribution is 5.78. The Kier molecular flexibility index (Phi) is 4.94. The van der Waals surface area contributed by atoms with Gasteiger partial charge in [-0.25, -0.2) is 4.98 Å². The molecule has 1 saturated heterocycles. The lowest BCUT2D eigenvalue weighted by Gasteiger charge is -2.38. The molecule has 1 aromatic heterocycles. The molecule has 2 atom stereocenters. The molecule has 0 unspecified atom stereocenters. The van der Waals surface area contributed by atoms with Crippen molar-refractivity contribution in [3.63, 3.8) is 0 Å². The van der Waals surface area contributed by atoms with Gasteiger partial charge in [0.05, 0.1) is 17.2 Å². The summed E-state index contributed by atoms with van der Waals surface area (Å²) in [5, 5.41) is 0.582. The van der Waals surface area contributed by atoms with Crippen LogP contribution < -0.4 is 11.3 Å². The van der Waals surface area contributed by atoms with E-state index in [-0.39, 0.29) is 23.6 Å². The van der Waals surface area contributed by atoms with Crippen molar-refractivity contribution >= 4 is 16.8 Å². The standard InChI is InChI=1S/C18H24N4O2/c1-13(19)16-8-4-5-10-22(16)17(23)9-11-21-12-20-15-7-3-2-6-14(15)18(21)24/h2-3,6-7,12-13,16H,4-5,8-11,19H2,1H3/t13-,16+/m1/s1. The van der Waals surface area contributed by atoms with Crippen molar-refractivity contribution in [2.24, 2.45) is 5.73 Å². The number of nitrogens with two attached hydrogens (primary N) is 1. The molecule has 6 nitrogen and oxygen atoms in total. The third kappa shape index (κ3) is 3.33. The summed E-state index contributed by atoms with van der Waals surface area (Å²) in [5.41, 5.74) is 6.61. The lowest BCUT2D eigenvalue weighted by atomic mass is 9.96. The molecule has 1 aliphatic rings. The summed E-state index contributed by atoms with van der Waals surface area (Å²) in [7, 11) is 0. The Labute approximate surface area is 141 Å². The fourth-order valence-corrected chi connectivity index (χ4v) is 3.44. The Morgan fingerprint density at radius 3 is 2.96 bits per heavy atom. The van der Waals surface area contributed by atoms with E-state index in [1.807, 2.05) is 30.0 Å². The quantitative estimate of drug-likeness (QED) is 0.922. The summed E-state index contributed by atoms with van der Waals surface area (Å²) in [5.74, 6) is 0.0667. The number of likely N-dealkylation sites (tertiary alicyclic amines) is 1. The van der Waals surface area contributed by atoms with Gasteiger partial charge in [-0.15, -0.1) is 0 Å². The molecule has 1 aliphatic heterocycles. The topological polar surface area (TPSA) is 81.2 Å². The minimum atomic E-state index is -0.101. The summed E-state index contributed by atoms with van der Waals surface area (Å²) in [6, 6.07) is 7.33. The van der Waals surface area contributed by atoms with Crippen LogP contribution in [0.15, 0.2) is 35.4 Å². The molecule has 0 saturated carbocycles. The van der Waals surface area contributed by atoms with Gasteiger partial charge >= 0.3 is 0 Å². The molecular weight excluding hydrogens is 304 g/mol. The van der Waals surface area contributed by atoms with Crippen molar-refractivity contribution in [3.8, 4) is 0 Å². The number of hydrogen-bond donors (Lipinski definition) is 1. The van der Waals surface area contributed by atoms with Crippen LogP contribution in [-0.2, 0) is 11.3 Å². The number of carbonyl (C=O) groups excluding carboxylic acids is 1. The van der Waals surface area contributed by atoms with E-state index in [1.54, 1.807) is 6.07 Å². The molecule has 2 aromatic rings. The number of aryl methyl sites for hydroxylation is 1. The van der Waals surface area contributed by atoms with Crippen LogP contribution in [0.1, 0.15) is 32.6 Å². The van der Waals surface area contributed by atoms with Gasteiger partial charge in [0.15, 0.2) is 0 Å². The molecule has 2 N–H and O–H groups in total. The second-order valence-corrected chi connectivity index (χ2v) is 6.52. The van der Waals surface area contributed by atoms with Crippen molar-refractivity contribution in [1.82, 2.24) is 14.5 Å². The average Bonchev–Trinajstić information content (AvgIpc) is 2.61. The molecule has 0 spiro atoms. The van der Waals surface area contributed by atoms with Gasteiger partial charge < -0.3 is 10.6 Å². The second-order valence-electron chi connectivity index (χ2n) is 6.52. The predicted octanol–water partition coefficient (Wildman–Crippen LogP) is 1.51. The molecule has 2 heterocycles. The maximum atomic E-state index is 12.6. The zero-order chi connectivity index (χ0) is 17.1. The Morgan fingerprint density at radius 1 is 1.38 bits per heavy atom. The van der Waals surface area contributed by atoms with E-state index in [2.05, 4.69) is 4.98 Å². The van der Waals surface area contributed by atoms with Crippen LogP contribution in [0, 0.1) is 0 Å². The molecule has 1 amide bonds. The largest absolute Gasteiger partial charge is 0.338 e. The number of hydrogen-bond acceptors (Lipinski definition) is 4. The molecule has 24 heavy (non-hydrogen) atoms. The van der Waals surface area contributed by atoms with Crippen LogP contribution in [0.4, 0.5) is 0 Å². The van der Waals surface area contributed by atoms with Crippen molar-refractivity contribution < 1.29 is 4.79 Å². The lowest BCUT2D eigenvalue weighted by molar-refractivity contribution is -0.135. The number of rotatable bonds is 4. The number of carbonyl (C=O) groups is 1. The van der Waals surface area contributed by atoms with E-state index in [4.69, 9.17) is 5.73 Å². The van der Waals surface area contributed by atoms with E-state index in [1.165, 1.54) is 10.9 Å². The highest BCUT2D eigenvalue weighted by Crippen LogP contribution is 2.20. The number of piperidine rings is 1. The number of fused-ring (bicyclic) bond motifs is 1. The number of aromatic nitrogens is 2. The van der Waals surface area contributed by atoms with Gasteiger partial charge in [-0.2, -0.15) is 0 Å². The van der Waals surface area contributed by atoms with E-state index >= 15 is 0 Å². The summed E-state index contributed by atoms with van der Waals surface area (Å²) in [6.07, 6.45) is 4.91. The molecule has 0 bridgehead atoms. The number of amides is 1. The monoisotopic (exact) mass is 328 g/mol. The van der Waals surface area contributed by atoms with Gasteiger partial charge in [-0.1, -0.05) is 12.1 Å². The van der Waals surface area contributed by atoms with Crippen molar-refractivity contribution in [1.29, 1.82) is 0 Å². The summed E-state index contributed by atoms with van der Waals surface area (Å²) >= 11 is 0. The van der Waals surface area contributed by atoms with Crippen molar-refractivity contribution in [3.05, 3.63) is 40.9 Å². The van der Waals surface area contributed by atoms with E-state index < -0.39 is 0 Å². The van der Waals surface area contributed by atoms with E-state index in [0.29, 0.717) is 23.9 Å². The molecule has 3 rings (SSSR count). The fourth-order valence-electron chi connectivity index (χ4n) is 3.44. The minimum absolute atomic E-state index is 0.0284. The molecule has 6 heteroatoms. The zero-order valence-corrected chi connectivity index (χ0v) is 14.0. The maximum Gasteiger partial charge on any atom is 0.261 e. The van der Waals surface area contributed by atoms with Crippen molar-refractivity contribution in [2.75, 3.05) is 6.54 Å². The molecule has 0 aliphatic carbocycles. The molecule has 128 valence electrons.